The van der Waals surface area contributed by atoms with Gasteiger partial charge in [0.25, 0.3) is 0 Å². The zero-order chi connectivity index (χ0) is 20.0. The molecule has 0 aliphatic carbocycles. The first-order valence-corrected chi connectivity index (χ1v) is 11.5. The van der Waals surface area contributed by atoms with Crippen molar-refractivity contribution in [2.45, 2.75) is 11.5 Å². The molecular weight excluding hydrogens is 444 g/mol. The average molecular weight is 467 g/mol. The highest BCUT2D eigenvalue weighted by Gasteiger charge is 2.24. The van der Waals surface area contributed by atoms with Crippen molar-refractivity contribution in [1.29, 1.82) is 0 Å². The number of sulfone groups is 1. The molecule has 1 fully saturated rings. The lowest BCUT2D eigenvalue weighted by atomic mass is 10.2. The zero-order valence-electron chi connectivity index (χ0n) is 15.5. The third-order valence-electron chi connectivity index (χ3n) is 4.68. The number of benzene rings is 2. The van der Waals surface area contributed by atoms with E-state index in [-0.39, 0.29) is 18.5 Å². The minimum absolute atomic E-state index is 0.0626. The number of rotatable bonds is 6. The Kier molecular flexibility index (Phi) is 7.09. The van der Waals surface area contributed by atoms with Crippen LogP contribution in [-0.2, 0) is 21.2 Å². The van der Waals surface area contributed by atoms with E-state index in [1.54, 1.807) is 29.2 Å². The van der Waals surface area contributed by atoms with Gasteiger partial charge in [0.05, 0.1) is 10.6 Å². The molecule has 0 spiro atoms. The van der Waals surface area contributed by atoms with Crippen LogP contribution in [0.3, 0.4) is 0 Å². The summed E-state index contributed by atoms with van der Waals surface area (Å²) in [5.41, 5.74) is 0.952. The second-order valence-corrected chi connectivity index (χ2v) is 9.67. The fourth-order valence-corrected chi connectivity index (χ4v) is 4.52. The number of carbonyl (C=O) groups is 1. The van der Waals surface area contributed by atoms with Gasteiger partial charge in [-0.05, 0) is 29.8 Å². The fraction of sp³-hybridized carbons (Fsp3) is 0.350. The van der Waals surface area contributed by atoms with Gasteiger partial charge in [-0.2, -0.15) is 0 Å². The Bertz CT molecular complexity index is 880. The van der Waals surface area contributed by atoms with E-state index in [0.29, 0.717) is 37.6 Å². The normalized spacial score (nSPS) is 15.4. The summed E-state index contributed by atoms with van der Waals surface area (Å²) in [6.07, 6.45) is -0.328. The quantitative estimate of drug-likeness (QED) is 0.653. The molecule has 1 saturated heterocycles. The summed E-state index contributed by atoms with van der Waals surface area (Å²) in [7, 11) is -3.31. The SMILES string of the molecule is O=C(OCc1ccccc1)N1CCN(CCS(=O)(=O)c2ccc(Br)cc2)CC1. The Morgan fingerprint density at radius 3 is 2.25 bits per heavy atom. The van der Waals surface area contributed by atoms with Crippen molar-refractivity contribution in [3.05, 3.63) is 64.6 Å². The van der Waals surface area contributed by atoms with E-state index >= 15 is 0 Å². The molecule has 3 rings (SSSR count). The zero-order valence-corrected chi connectivity index (χ0v) is 17.9. The second kappa shape index (κ2) is 9.54. The molecule has 6 nitrogen and oxygen atoms in total. The molecule has 150 valence electrons. The van der Waals surface area contributed by atoms with Crippen molar-refractivity contribution < 1.29 is 17.9 Å². The highest BCUT2D eigenvalue weighted by Crippen LogP contribution is 2.16. The summed E-state index contributed by atoms with van der Waals surface area (Å²) >= 11 is 3.31. The van der Waals surface area contributed by atoms with E-state index in [0.717, 1.165) is 10.0 Å². The van der Waals surface area contributed by atoms with Gasteiger partial charge in [-0.1, -0.05) is 46.3 Å². The molecule has 2 aromatic carbocycles. The van der Waals surface area contributed by atoms with Crippen LogP contribution in [0.25, 0.3) is 0 Å². The summed E-state index contributed by atoms with van der Waals surface area (Å²) in [4.78, 5) is 16.3. The molecule has 2 aromatic rings. The van der Waals surface area contributed by atoms with Gasteiger partial charge < -0.3 is 9.64 Å². The number of halogens is 1. The van der Waals surface area contributed by atoms with Crippen molar-refractivity contribution in [3.63, 3.8) is 0 Å². The molecular formula is C20H23BrN2O4S. The Morgan fingerprint density at radius 2 is 1.61 bits per heavy atom. The third-order valence-corrected chi connectivity index (χ3v) is 6.92. The maximum absolute atomic E-state index is 12.5. The van der Waals surface area contributed by atoms with Crippen molar-refractivity contribution >= 4 is 31.9 Å². The van der Waals surface area contributed by atoms with Crippen LogP contribution < -0.4 is 0 Å². The summed E-state index contributed by atoms with van der Waals surface area (Å²) in [5.74, 6) is 0.0626. The minimum atomic E-state index is -3.31. The molecule has 0 N–H and O–H groups in total. The van der Waals surface area contributed by atoms with Crippen molar-refractivity contribution in [2.75, 3.05) is 38.5 Å². The number of ether oxygens (including phenoxy) is 1. The standard InChI is InChI=1S/C20H23BrN2O4S/c21-18-6-8-19(9-7-18)28(25,26)15-14-22-10-12-23(13-11-22)20(24)27-16-17-4-2-1-3-5-17/h1-9H,10-16H2. The predicted octanol–water partition coefficient (Wildman–Crippen LogP) is 3.18. The fourth-order valence-electron chi connectivity index (χ4n) is 2.97. The van der Waals surface area contributed by atoms with Crippen LogP contribution in [0, 0.1) is 0 Å². The van der Waals surface area contributed by atoms with Crippen LogP contribution in [-0.4, -0.2) is 62.8 Å². The monoisotopic (exact) mass is 466 g/mol. The van der Waals surface area contributed by atoms with Gasteiger partial charge in [-0.25, -0.2) is 13.2 Å². The van der Waals surface area contributed by atoms with Gasteiger partial charge in [-0.15, -0.1) is 0 Å². The maximum Gasteiger partial charge on any atom is 0.410 e. The molecule has 0 aromatic heterocycles. The van der Waals surface area contributed by atoms with E-state index in [1.165, 1.54) is 0 Å². The molecule has 1 amide bonds. The van der Waals surface area contributed by atoms with Crippen LogP contribution in [0.4, 0.5) is 4.79 Å². The topological polar surface area (TPSA) is 66.9 Å². The van der Waals surface area contributed by atoms with E-state index < -0.39 is 9.84 Å². The molecule has 28 heavy (non-hydrogen) atoms. The summed E-state index contributed by atoms with van der Waals surface area (Å²) < 4.78 is 31.1. The molecule has 1 heterocycles. The van der Waals surface area contributed by atoms with Crippen molar-refractivity contribution in [1.82, 2.24) is 9.80 Å². The Labute approximate surface area is 174 Å². The van der Waals surface area contributed by atoms with Crippen molar-refractivity contribution in [3.8, 4) is 0 Å². The van der Waals surface area contributed by atoms with E-state index in [9.17, 15) is 13.2 Å². The largest absolute Gasteiger partial charge is 0.445 e. The molecule has 8 heteroatoms. The minimum Gasteiger partial charge on any atom is -0.445 e. The molecule has 1 aliphatic rings. The highest BCUT2D eigenvalue weighted by molar-refractivity contribution is 9.10. The smallest absolute Gasteiger partial charge is 0.410 e. The molecule has 0 unspecified atom stereocenters. The average Bonchev–Trinajstić information content (AvgIpc) is 2.72. The van der Waals surface area contributed by atoms with E-state index in [1.807, 2.05) is 30.3 Å². The second-order valence-electron chi connectivity index (χ2n) is 6.64. The van der Waals surface area contributed by atoms with Gasteiger partial charge in [0, 0.05) is 37.2 Å². The van der Waals surface area contributed by atoms with E-state index in [4.69, 9.17) is 4.74 Å². The van der Waals surface area contributed by atoms with Crippen LogP contribution in [0.15, 0.2) is 64.0 Å². The lowest BCUT2D eigenvalue weighted by Crippen LogP contribution is -2.49. The van der Waals surface area contributed by atoms with Gasteiger partial charge in [0.15, 0.2) is 9.84 Å². The Morgan fingerprint density at radius 1 is 0.964 bits per heavy atom. The van der Waals surface area contributed by atoms with Crippen molar-refractivity contribution in [2.24, 2.45) is 0 Å². The first kappa shape index (κ1) is 20.8. The molecule has 0 radical (unpaired) electrons. The number of piperazine rings is 1. The lowest BCUT2D eigenvalue weighted by molar-refractivity contribution is 0.0730. The molecule has 1 aliphatic heterocycles. The summed E-state index contributed by atoms with van der Waals surface area (Å²) in [6, 6.07) is 16.2. The van der Waals surface area contributed by atoms with Crippen LogP contribution in [0.1, 0.15) is 5.56 Å². The number of hydrogen-bond acceptors (Lipinski definition) is 5. The summed E-state index contributed by atoms with van der Waals surface area (Å²) in [6.45, 7) is 3.04. The molecule has 0 saturated carbocycles. The van der Waals surface area contributed by atoms with Crippen LogP contribution in [0.2, 0.25) is 0 Å². The van der Waals surface area contributed by atoms with Gasteiger partial charge in [0.1, 0.15) is 6.61 Å². The van der Waals surface area contributed by atoms with Crippen LogP contribution >= 0.6 is 15.9 Å². The first-order chi connectivity index (χ1) is 13.4. The van der Waals surface area contributed by atoms with Gasteiger partial charge in [0.2, 0.25) is 0 Å². The lowest BCUT2D eigenvalue weighted by Gasteiger charge is -2.33. The van der Waals surface area contributed by atoms with Gasteiger partial charge >= 0.3 is 6.09 Å². The molecule has 0 atom stereocenters. The van der Waals surface area contributed by atoms with Crippen LogP contribution in [0.5, 0.6) is 0 Å². The first-order valence-electron chi connectivity index (χ1n) is 9.10. The number of nitrogens with zero attached hydrogens (tertiary/aromatic N) is 2. The number of amides is 1. The molecule has 0 bridgehead atoms. The predicted molar refractivity (Wildman–Crippen MR) is 111 cm³/mol. The Balaban J connectivity index is 1.42. The number of carbonyl (C=O) groups excluding carboxylic acids is 1. The van der Waals surface area contributed by atoms with E-state index in [2.05, 4.69) is 20.8 Å². The van der Waals surface area contributed by atoms with Gasteiger partial charge in [-0.3, -0.25) is 4.90 Å². The highest BCUT2D eigenvalue weighted by atomic mass is 79.9. The maximum atomic E-state index is 12.5. The Hall–Kier alpha value is -1.90. The number of hydrogen-bond donors (Lipinski definition) is 0. The third kappa shape index (κ3) is 5.80. The summed E-state index contributed by atoms with van der Waals surface area (Å²) in [5, 5.41) is 0.